The summed E-state index contributed by atoms with van der Waals surface area (Å²) >= 11 is 0.356. The molecule has 178 valence electrons. The van der Waals surface area contributed by atoms with E-state index in [-0.39, 0.29) is 26.3 Å². The van der Waals surface area contributed by atoms with Crippen LogP contribution >= 0.6 is 0 Å². The number of benzene rings is 4. The Bertz CT molecular complexity index is 1470. The first-order valence-electron chi connectivity index (χ1n) is 11.5. The number of rotatable bonds is 9. The van der Waals surface area contributed by atoms with E-state index in [2.05, 4.69) is 36.4 Å². The first-order valence-corrected chi connectivity index (χ1v) is 17.6. The molecule has 2 aromatic heterocycles. The third kappa shape index (κ3) is 5.53. The fourth-order valence-electron chi connectivity index (χ4n) is 3.82. The summed E-state index contributed by atoms with van der Waals surface area (Å²) < 4.78 is 26.2. The van der Waals surface area contributed by atoms with Gasteiger partial charge in [0.25, 0.3) is 0 Å². The van der Waals surface area contributed by atoms with Crippen LogP contribution in [0, 0.1) is 0 Å². The number of ether oxygens (including phenoxy) is 2. The Labute approximate surface area is 220 Å². The summed E-state index contributed by atoms with van der Waals surface area (Å²) in [5.41, 5.74) is 4.08. The SMILES string of the molecule is c1ccc(COc2ccc3oc([Se][Se]c4cc5cc(OCc6ccccc6)ccc5o4)cc3c2)cc1. The van der Waals surface area contributed by atoms with E-state index in [0.29, 0.717) is 13.2 Å². The molecule has 0 aliphatic carbocycles. The Hall–Kier alpha value is -3.40. The molecular weight excluding hydrogens is 582 g/mol. The van der Waals surface area contributed by atoms with Gasteiger partial charge in [-0.05, 0) is 0 Å². The van der Waals surface area contributed by atoms with E-state index in [1.165, 1.54) is 0 Å². The number of hydrogen-bond donors (Lipinski definition) is 0. The maximum atomic E-state index is 6.10. The predicted octanol–water partition coefficient (Wildman–Crippen LogP) is 5.61. The Morgan fingerprint density at radius 1 is 0.500 bits per heavy atom. The molecule has 0 N–H and O–H groups in total. The van der Waals surface area contributed by atoms with E-state index in [0.717, 1.165) is 53.9 Å². The Morgan fingerprint density at radius 2 is 0.944 bits per heavy atom. The van der Waals surface area contributed by atoms with Crippen molar-refractivity contribution in [3.05, 3.63) is 120 Å². The van der Waals surface area contributed by atoms with Gasteiger partial charge in [-0.1, -0.05) is 0 Å². The molecule has 6 aromatic rings. The van der Waals surface area contributed by atoms with Crippen molar-refractivity contribution < 1.29 is 18.3 Å². The minimum absolute atomic E-state index is 0.178. The normalized spacial score (nSPS) is 11.2. The van der Waals surface area contributed by atoms with Crippen molar-refractivity contribution >= 4 is 57.5 Å². The van der Waals surface area contributed by atoms with Gasteiger partial charge in [0.05, 0.1) is 0 Å². The molecule has 0 unspecified atom stereocenters. The van der Waals surface area contributed by atoms with Gasteiger partial charge < -0.3 is 0 Å². The van der Waals surface area contributed by atoms with E-state index in [1.54, 1.807) is 0 Å². The molecule has 2 heterocycles. The summed E-state index contributed by atoms with van der Waals surface area (Å²) in [6, 6.07) is 36.6. The van der Waals surface area contributed by atoms with E-state index in [4.69, 9.17) is 18.3 Å². The van der Waals surface area contributed by atoms with Crippen molar-refractivity contribution in [1.29, 1.82) is 0 Å². The summed E-state index contributed by atoms with van der Waals surface area (Å²) in [5.74, 6) is 1.69. The Kier molecular flexibility index (Phi) is 6.84. The molecule has 0 spiro atoms. The van der Waals surface area contributed by atoms with Gasteiger partial charge in [0.2, 0.25) is 0 Å². The van der Waals surface area contributed by atoms with Crippen molar-refractivity contribution in [2.75, 3.05) is 0 Å². The summed E-state index contributed by atoms with van der Waals surface area (Å²) in [7, 11) is 0. The van der Waals surface area contributed by atoms with Crippen LogP contribution in [0.4, 0.5) is 0 Å². The Balaban J connectivity index is 1.09. The van der Waals surface area contributed by atoms with Crippen molar-refractivity contribution in [2.24, 2.45) is 0 Å². The zero-order valence-electron chi connectivity index (χ0n) is 19.3. The monoisotopic (exact) mass is 606 g/mol. The van der Waals surface area contributed by atoms with Crippen molar-refractivity contribution in [3.8, 4) is 11.5 Å². The molecule has 4 aromatic carbocycles. The van der Waals surface area contributed by atoms with E-state index >= 15 is 0 Å². The summed E-state index contributed by atoms with van der Waals surface area (Å²) in [5, 5.41) is 2.14. The predicted molar refractivity (Wildman–Crippen MR) is 145 cm³/mol. The van der Waals surface area contributed by atoms with Crippen LogP contribution in [0.25, 0.3) is 21.9 Å². The van der Waals surface area contributed by atoms with Crippen LogP contribution in [-0.2, 0) is 13.2 Å². The Morgan fingerprint density at radius 3 is 1.39 bits per heavy atom. The van der Waals surface area contributed by atoms with Crippen LogP contribution in [0.15, 0.2) is 118 Å². The van der Waals surface area contributed by atoms with Crippen molar-refractivity contribution in [1.82, 2.24) is 0 Å². The van der Waals surface area contributed by atoms with Crippen molar-refractivity contribution in [3.63, 3.8) is 0 Å². The molecule has 6 heteroatoms. The quantitative estimate of drug-likeness (QED) is 0.202. The van der Waals surface area contributed by atoms with Gasteiger partial charge in [-0.15, -0.1) is 0 Å². The topological polar surface area (TPSA) is 44.7 Å². The van der Waals surface area contributed by atoms with Gasteiger partial charge in [-0.2, -0.15) is 0 Å². The van der Waals surface area contributed by atoms with Gasteiger partial charge >= 0.3 is 221 Å². The van der Waals surface area contributed by atoms with Gasteiger partial charge in [0, 0.05) is 0 Å². The van der Waals surface area contributed by atoms with Crippen LogP contribution in [0.1, 0.15) is 11.1 Å². The van der Waals surface area contributed by atoms with Crippen LogP contribution < -0.4 is 18.8 Å². The zero-order chi connectivity index (χ0) is 24.2. The molecule has 0 saturated carbocycles. The van der Waals surface area contributed by atoms with E-state index in [1.807, 2.05) is 72.8 Å². The average molecular weight is 604 g/mol. The molecular formula is C30H22O4Se2. The molecule has 36 heavy (non-hydrogen) atoms. The number of hydrogen-bond acceptors (Lipinski definition) is 4. The van der Waals surface area contributed by atoms with E-state index < -0.39 is 0 Å². The first kappa shape index (κ1) is 23.0. The second kappa shape index (κ2) is 10.7. The molecule has 0 aliphatic rings. The third-order valence-electron chi connectivity index (χ3n) is 5.63. The minimum atomic E-state index is 0.178. The van der Waals surface area contributed by atoms with Gasteiger partial charge in [0.15, 0.2) is 0 Å². The fraction of sp³-hybridized carbons (Fsp3) is 0.0667. The van der Waals surface area contributed by atoms with Gasteiger partial charge in [-0.3, -0.25) is 0 Å². The molecule has 0 amide bonds. The summed E-state index contributed by atoms with van der Waals surface area (Å²) in [6.07, 6.45) is 0. The van der Waals surface area contributed by atoms with Crippen LogP contribution in [0.5, 0.6) is 11.5 Å². The summed E-state index contributed by atoms with van der Waals surface area (Å²) in [4.78, 5) is 0. The molecule has 0 saturated heterocycles. The maximum absolute atomic E-state index is 6.10. The molecule has 0 radical (unpaired) electrons. The standard InChI is InChI=1S/C30H22O4Se2/c1-3-7-21(8-4-1)19-31-25-11-13-27-23(15-25)17-29(33-27)35-36-30-18-24-16-26(12-14-28(24)34-30)32-20-22-9-5-2-6-10-22/h1-18H,19-20H2. The van der Waals surface area contributed by atoms with Crippen molar-refractivity contribution in [2.45, 2.75) is 13.2 Å². The molecule has 0 bridgehead atoms. The van der Waals surface area contributed by atoms with Gasteiger partial charge in [-0.25, -0.2) is 0 Å². The fourth-order valence-corrected chi connectivity index (χ4v) is 9.00. The molecule has 0 atom stereocenters. The van der Waals surface area contributed by atoms with Crippen LogP contribution in [0.2, 0.25) is 0 Å². The first-order chi connectivity index (χ1) is 17.8. The molecule has 6 rings (SSSR count). The third-order valence-corrected chi connectivity index (χ3v) is 11.8. The molecule has 4 nitrogen and oxygen atoms in total. The average Bonchev–Trinajstić information content (AvgIpc) is 3.53. The number of fused-ring (bicyclic) bond motifs is 2. The second-order valence-corrected chi connectivity index (χ2v) is 14.3. The molecule has 0 aliphatic heterocycles. The number of furan rings is 2. The van der Waals surface area contributed by atoms with Crippen LogP contribution in [-0.4, -0.2) is 26.3 Å². The van der Waals surface area contributed by atoms with Gasteiger partial charge in [0.1, 0.15) is 0 Å². The summed E-state index contributed by atoms with van der Waals surface area (Å²) in [6.45, 7) is 1.10. The zero-order valence-corrected chi connectivity index (χ0v) is 22.7. The molecule has 0 fully saturated rings. The second-order valence-electron chi connectivity index (χ2n) is 8.25. The van der Waals surface area contributed by atoms with E-state index in [9.17, 15) is 0 Å². The van der Waals surface area contributed by atoms with Crippen LogP contribution in [0.3, 0.4) is 0 Å².